The Kier molecular flexibility index (Phi) is 7.94. The standard InChI is InChI=1S/C15H24N4O2S.ClH/c1-3-18(4-2)15(21)12-6-5-9-19(12)14(20)11-10-22-13(17-11)7-8-16;/h10,12H,3-9,16H2,1-2H3;1H. The summed E-state index contributed by atoms with van der Waals surface area (Å²) in [4.78, 5) is 33.0. The highest BCUT2D eigenvalue weighted by Gasteiger charge is 2.36. The highest BCUT2D eigenvalue weighted by atomic mass is 35.5. The lowest BCUT2D eigenvalue weighted by atomic mass is 10.2. The molecule has 0 aromatic carbocycles. The molecule has 6 nitrogen and oxygen atoms in total. The van der Waals surface area contributed by atoms with Crippen molar-refractivity contribution >= 4 is 35.6 Å². The lowest BCUT2D eigenvalue weighted by Gasteiger charge is -2.28. The van der Waals surface area contributed by atoms with E-state index in [1.807, 2.05) is 13.8 Å². The number of carbonyl (C=O) groups excluding carboxylic acids is 2. The van der Waals surface area contributed by atoms with Crippen LogP contribution in [0.3, 0.4) is 0 Å². The van der Waals surface area contributed by atoms with Gasteiger partial charge in [-0.15, -0.1) is 23.7 Å². The van der Waals surface area contributed by atoms with Gasteiger partial charge >= 0.3 is 0 Å². The number of hydrogen-bond acceptors (Lipinski definition) is 5. The summed E-state index contributed by atoms with van der Waals surface area (Å²) in [6.45, 7) is 6.41. The maximum absolute atomic E-state index is 12.6. The number of amides is 2. The van der Waals surface area contributed by atoms with E-state index >= 15 is 0 Å². The smallest absolute Gasteiger partial charge is 0.274 e. The van der Waals surface area contributed by atoms with Crippen LogP contribution in [-0.2, 0) is 11.2 Å². The topological polar surface area (TPSA) is 79.5 Å². The number of thiazole rings is 1. The van der Waals surface area contributed by atoms with Crippen molar-refractivity contribution in [3.8, 4) is 0 Å². The third-order valence-corrected chi connectivity index (χ3v) is 4.91. The largest absolute Gasteiger partial charge is 0.341 e. The summed E-state index contributed by atoms with van der Waals surface area (Å²) in [5, 5.41) is 2.64. The molecule has 1 aromatic rings. The van der Waals surface area contributed by atoms with Gasteiger partial charge in [0, 0.05) is 31.4 Å². The van der Waals surface area contributed by atoms with E-state index < -0.39 is 0 Å². The Morgan fingerprint density at radius 2 is 2.13 bits per heavy atom. The van der Waals surface area contributed by atoms with Gasteiger partial charge in [0.25, 0.3) is 5.91 Å². The van der Waals surface area contributed by atoms with Gasteiger partial charge in [-0.2, -0.15) is 0 Å². The zero-order chi connectivity index (χ0) is 16.1. The summed E-state index contributed by atoms with van der Waals surface area (Å²) in [6, 6.07) is -0.341. The van der Waals surface area contributed by atoms with Crippen molar-refractivity contribution in [1.82, 2.24) is 14.8 Å². The molecule has 2 heterocycles. The number of aromatic nitrogens is 1. The Hall–Kier alpha value is -1.18. The average Bonchev–Trinajstić information content (AvgIpc) is 3.17. The number of likely N-dealkylation sites (N-methyl/N-ethyl adjacent to an activating group) is 1. The second kappa shape index (κ2) is 9.20. The third-order valence-electron chi connectivity index (χ3n) is 4.00. The molecule has 1 aliphatic rings. The van der Waals surface area contributed by atoms with Gasteiger partial charge in [-0.3, -0.25) is 9.59 Å². The Morgan fingerprint density at radius 1 is 1.43 bits per heavy atom. The molecule has 1 aliphatic heterocycles. The van der Waals surface area contributed by atoms with E-state index in [4.69, 9.17) is 5.73 Å². The summed E-state index contributed by atoms with van der Waals surface area (Å²) in [5.74, 6) is -0.0872. The molecular weight excluding hydrogens is 336 g/mol. The van der Waals surface area contributed by atoms with Crippen LogP contribution in [0.15, 0.2) is 5.38 Å². The first-order chi connectivity index (χ1) is 10.6. The predicted octanol–water partition coefficient (Wildman–Crippen LogP) is 1.54. The molecule has 1 atom stereocenters. The van der Waals surface area contributed by atoms with E-state index in [2.05, 4.69) is 4.98 Å². The van der Waals surface area contributed by atoms with Crippen LogP contribution in [0.25, 0.3) is 0 Å². The monoisotopic (exact) mass is 360 g/mol. The fraction of sp³-hybridized carbons (Fsp3) is 0.667. The molecule has 0 radical (unpaired) electrons. The molecule has 0 spiro atoms. The molecule has 8 heteroatoms. The van der Waals surface area contributed by atoms with Gasteiger partial charge in [-0.1, -0.05) is 0 Å². The number of hydrogen-bond donors (Lipinski definition) is 1. The van der Waals surface area contributed by atoms with Crippen molar-refractivity contribution in [1.29, 1.82) is 0 Å². The maximum Gasteiger partial charge on any atom is 0.274 e. The molecule has 1 saturated heterocycles. The van der Waals surface area contributed by atoms with E-state index in [-0.39, 0.29) is 30.3 Å². The number of halogens is 1. The first kappa shape index (κ1) is 19.9. The molecule has 1 aromatic heterocycles. The number of nitrogens with two attached hydrogens (primary N) is 1. The fourth-order valence-electron chi connectivity index (χ4n) is 2.81. The van der Waals surface area contributed by atoms with Crippen molar-refractivity contribution in [2.45, 2.75) is 39.2 Å². The number of likely N-dealkylation sites (tertiary alicyclic amines) is 1. The summed E-state index contributed by atoms with van der Waals surface area (Å²) < 4.78 is 0. The second-order valence-electron chi connectivity index (χ2n) is 5.33. The SMILES string of the molecule is CCN(CC)C(=O)C1CCCN1C(=O)c1csc(CCN)n1.Cl. The Bertz CT molecular complexity index is 533. The molecule has 0 aliphatic carbocycles. The zero-order valence-corrected chi connectivity index (χ0v) is 15.3. The van der Waals surface area contributed by atoms with Gasteiger partial charge in [0.15, 0.2) is 0 Å². The summed E-state index contributed by atoms with van der Waals surface area (Å²) >= 11 is 1.45. The zero-order valence-electron chi connectivity index (χ0n) is 13.7. The minimum atomic E-state index is -0.341. The molecule has 2 rings (SSSR count). The van der Waals surface area contributed by atoms with Crippen LogP contribution < -0.4 is 5.73 Å². The van der Waals surface area contributed by atoms with E-state index in [1.165, 1.54) is 11.3 Å². The van der Waals surface area contributed by atoms with E-state index in [9.17, 15) is 9.59 Å². The molecule has 2 N–H and O–H groups in total. The van der Waals surface area contributed by atoms with E-state index in [0.717, 1.165) is 17.8 Å². The number of nitrogens with zero attached hydrogens (tertiary/aromatic N) is 3. The van der Waals surface area contributed by atoms with Crippen LogP contribution in [0, 0.1) is 0 Å². The van der Waals surface area contributed by atoms with Gasteiger partial charge in [0.05, 0.1) is 5.01 Å². The van der Waals surface area contributed by atoms with Gasteiger partial charge in [-0.05, 0) is 33.2 Å². The van der Waals surface area contributed by atoms with E-state index in [0.29, 0.717) is 38.3 Å². The van der Waals surface area contributed by atoms with Crippen molar-refractivity contribution in [2.75, 3.05) is 26.2 Å². The molecule has 1 unspecified atom stereocenters. The summed E-state index contributed by atoms with van der Waals surface area (Å²) in [7, 11) is 0. The van der Waals surface area contributed by atoms with E-state index in [1.54, 1.807) is 15.2 Å². The van der Waals surface area contributed by atoms with Crippen molar-refractivity contribution in [3.05, 3.63) is 16.1 Å². The molecule has 2 amide bonds. The third kappa shape index (κ3) is 4.43. The fourth-order valence-corrected chi connectivity index (χ4v) is 3.60. The minimum absolute atomic E-state index is 0. The summed E-state index contributed by atoms with van der Waals surface area (Å²) in [5.41, 5.74) is 5.95. The minimum Gasteiger partial charge on any atom is -0.341 e. The summed E-state index contributed by atoms with van der Waals surface area (Å²) in [6.07, 6.45) is 2.28. The first-order valence-corrected chi connectivity index (χ1v) is 8.74. The van der Waals surface area contributed by atoms with Gasteiger partial charge in [0.1, 0.15) is 11.7 Å². The normalized spacial score (nSPS) is 17.0. The highest BCUT2D eigenvalue weighted by molar-refractivity contribution is 7.09. The van der Waals surface area contributed by atoms with Gasteiger partial charge < -0.3 is 15.5 Å². The molecular formula is C15H25ClN4O2S. The molecule has 0 saturated carbocycles. The number of carbonyl (C=O) groups is 2. The Morgan fingerprint density at radius 3 is 2.74 bits per heavy atom. The van der Waals surface area contributed by atoms with Crippen LogP contribution >= 0.6 is 23.7 Å². The lowest BCUT2D eigenvalue weighted by molar-refractivity contribution is -0.134. The van der Waals surface area contributed by atoms with Crippen molar-refractivity contribution < 1.29 is 9.59 Å². The quantitative estimate of drug-likeness (QED) is 0.834. The second-order valence-corrected chi connectivity index (χ2v) is 6.27. The number of rotatable bonds is 6. The Labute approximate surface area is 147 Å². The van der Waals surface area contributed by atoms with Crippen LogP contribution in [-0.4, -0.2) is 58.8 Å². The van der Waals surface area contributed by atoms with Crippen molar-refractivity contribution in [3.63, 3.8) is 0 Å². The van der Waals surface area contributed by atoms with Crippen molar-refractivity contribution in [2.24, 2.45) is 5.73 Å². The average molecular weight is 361 g/mol. The van der Waals surface area contributed by atoms with Crippen LogP contribution in [0.5, 0.6) is 0 Å². The molecule has 23 heavy (non-hydrogen) atoms. The highest BCUT2D eigenvalue weighted by Crippen LogP contribution is 2.23. The van der Waals surface area contributed by atoms with Gasteiger partial charge in [-0.25, -0.2) is 4.98 Å². The Balaban J connectivity index is 0.00000264. The van der Waals surface area contributed by atoms with Crippen LogP contribution in [0.2, 0.25) is 0 Å². The lowest BCUT2D eigenvalue weighted by Crippen LogP contribution is -2.47. The molecule has 130 valence electrons. The molecule has 1 fully saturated rings. The van der Waals surface area contributed by atoms with Crippen LogP contribution in [0.1, 0.15) is 42.2 Å². The maximum atomic E-state index is 12.6. The van der Waals surface area contributed by atoms with Gasteiger partial charge in [0.2, 0.25) is 5.91 Å². The first-order valence-electron chi connectivity index (χ1n) is 7.86. The predicted molar refractivity (Wildman–Crippen MR) is 94.1 cm³/mol. The van der Waals surface area contributed by atoms with Crippen LogP contribution in [0.4, 0.5) is 0 Å². The molecule has 0 bridgehead atoms.